The van der Waals surface area contributed by atoms with Gasteiger partial charge >= 0.3 is 0 Å². The van der Waals surface area contributed by atoms with Crippen LogP contribution in [0, 0.1) is 0 Å². The Balaban J connectivity index is 1.73. The molecule has 0 saturated carbocycles. The molecule has 0 amide bonds. The van der Waals surface area contributed by atoms with E-state index in [2.05, 4.69) is 0 Å². The number of rotatable bonds is 3. The van der Waals surface area contributed by atoms with Crippen LogP contribution in [0.5, 0.6) is 11.5 Å². The Labute approximate surface area is 106 Å². The van der Waals surface area contributed by atoms with Crippen LogP contribution in [-0.2, 0) is 9.47 Å². The second-order valence-corrected chi connectivity index (χ2v) is 4.37. The third-order valence-electron chi connectivity index (χ3n) is 3.09. The van der Waals surface area contributed by atoms with Crippen molar-refractivity contribution in [2.24, 2.45) is 5.73 Å². The minimum atomic E-state index is -0.187. The molecule has 2 aliphatic rings. The first-order valence-corrected chi connectivity index (χ1v) is 6.23. The van der Waals surface area contributed by atoms with Crippen LogP contribution in [0.4, 0.5) is 0 Å². The molecule has 2 N–H and O–H groups in total. The molecule has 5 nitrogen and oxygen atoms in total. The summed E-state index contributed by atoms with van der Waals surface area (Å²) < 4.78 is 22.4. The molecule has 1 saturated heterocycles. The van der Waals surface area contributed by atoms with Gasteiger partial charge in [-0.25, -0.2) is 0 Å². The summed E-state index contributed by atoms with van der Waals surface area (Å²) in [6, 6.07) is 5.88. The minimum absolute atomic E-state index is 0.0441. The first-order valence-electron chi connectivity index (χ1n) is 6.23. The van der Waals surface area contributed by atoms with Gasteiger partial charge in [0.2, 0.25) is 0 Å². The Kier molecular flexibility index (Phi) is 3.36. The van der Waals surface area contributed by atoms with E-state index in [4.69, 9.17) is 24.7 Å². The van der Waals surface area contributed by atoms with Gasteiger partial charge in [0.15, 0.2) is 17.8 Å². The Hall–Kier alpha value is -1.30. The zero-order valence-corrected chi connectivity index (χ0v) is 10.1. The topological polar surface area (TPSA) is 62.9 Å². The van der Waals surface area contributed by atoms with Gasteiger partial charge in [-0.15, -0.1) is 0 Å². The Morgan fingerprint density at radius 1 is 1.17 bits per heavy atom. The van der Waals surface area contributed by atoms with Gasteiger partial charge in [-0.1, -0.05) is 6.07 Å². The molecule has 0 aromatic heterocycles. The number of nitrogens with two attached hydrogens (primary N) is 1. The molecule has 98 valence electrons. The number of hydrogen-bond acceptors (Lipinski definition) is 5. The molecule has 0 aliphatic carbocycles. The van der Waals surface area contributed by atoms with Gasteiger partial charge in [0.05, 0.1) is 6.61 Å². The van der Waals surface area contributed by atoms with Gasteiger partial charge in [0.25, 0.3) is 0 Å². The maximum Gasteiger partial charge on any atom is 0.161 e. The lowest BCUT2D eigenvalue weighted by atomic mass is 10.1. The van der Waals surface area contributed by atoms with E-state index in [-0.39, 0.29) is 12.4 Å². The predicted molar refractivity (Wildman–Crippen MR) is 64.7 cm³/mol. The molecular weight excluding hydrogens is 234 g/mol. The lowest BCUT2D eigenvalue weighted by Crippen LogP contribution is -2.16. The van der Waals surface area contributed by atoms with Crippen LogP contribution in [-0.4, -0.2) is 32.7 Å². The average molecular weight is 251 g/mol. The highest BCUT2D eigenvalue weighted by molar-refractivity contribution is 5.44. The van der Waals surface area contributed by atoms with Gasteiger partial charge in [-0.3, -0.25) is 0 Å². The molecule has 1 fully saturated rings. The highest BCUT2D eigenvalue weighted by Gasteiger charge is 2.27. The summed E-state index contributed by atoms with van der Waals surface area (Å²) in [6.07, 6.45) is 0.492. The standard InChI is InChI=1S/C13H17NO4/c14-4-3-13-17-8-12(18-13)9-1-2-10-11(7-9)16-6-5-15-10/h1-2,7,12-13H,3-6,8,14H2. The third-order valence-corrected chi connectivity index (χ3v) is 3.09. The molecule has 2 atom stereocenters. The largest absolute Gasteiger partial charge is 0.486 e. The van der Waals surface area contributed by atoms with Crippen molar-refractivity contribution < 1.29 is 18.9 Å². The van der Waals surface area contributed by atoms with Gasteiger partial charge < -0.3 is 24.7 Å². The van der Waals surface area contributed by atoms with E-state index in [1.54, 1.807) is 0 Å². The quantitative estimate of drug-likeness (QED) is 0.875. The highest BCUT2D eigenvalue weighted by atomic mass is 16.7. The summed E-state index contributed by atoms with van der Waals surface area (Å²) in [7, 11) is 0. The number of benzene rings is 1. The van der Waals surface area contributed by atoms with E-state index < -0.39 is 0 Å². The summed E-state index contributed by atoms with van der Waals surface area (Å²) in [5.74, 6) is 1.58. The molecule has 2 aliphatic heterocycles. The maximum atomic E-state index is 5.78. The first kappa shape index (κ1) is 11.8. The number of ether oxygens (including phenoxy) is 4. The number of fused-ring (bicyclic) bond motifs is 1. The molecule has 0 radical (unpaired) electrons. The van der Waals surface area contributed by atoms with Crippen LogP contribution in [0.15, 0.2) is 18.2 Å². The van der Waals surface area contributed by atoms with Crippen molar-refractivity contribution in [1.29, 1.82) is 0 Å². The molecule has 0 bridgehead atoms. The lowest BCUT2D eigenvalue weighted by Gasteiger charge is -2.20. The van der Waals surface area contributed by atoms with Crippen molar-refractivity contribution in [2.45, 2.75) is 18.8 Å². The first-order chi connectivity index (χ1) is 8.86. The summed E-state index contributed by atoms with van der Waals surface area (Å²) >= 11 is 0. The molecule has 2 heterocycles. The van der Waals surface area contributed by atoms with Crippen molar-refractivity contribution in [3.8, 4) is 11.5 Å². The predicted octanol–water partition coefficient (Wildman–Crippen LogP) is 1.22. The smallest absolute Gasteiger partial charge is 0.161 e. The summed E-state index contributed by atoms with van der Waals surface area (Å²) in [5.41, 5.74) is 6.54. The van der Waals surface area contributed by atoms with Crippen LogP contribution < -0.4 is 15.2 Å². The molecular formula is C13H17NO4. The molecule has 1 aromatic carbocycles. The maximum absolute atomic E-state index is 5.78. The highest BCUT2D eigenvalue weighted by Crippen LogP contribution is 2.35. The second kappa shape index (κ2) is 5.14. The van der Waals surface area contributed by atoms with Crippen molar-refractivity contribution in [1.82, 2.24) is 0 Å². The Morgan fingerprint density at radius 2 is 2.00 bits per heavy atom. The van der Waals surface area contributed by atoms with E-state index in [0.717, 1.165) is 23.5 Å². The van der Waals surface area contributed by atoms with Gasteiger partial charge in [0.1, 0.15) is 19.3 Å². The normalized spacial score (nSPS) is 26.3. The average Bonchev–Trinajstić information content (AvgIpc) is 2.87. The Bertz CT molecular complexity index is 423. The molecule has 0 spiro atoms. The minimum Gasteiger partial charge on any atom is -0.486 e. The van der Waals surface area contributed by atoms with Gasteiger partial charge in [-0.2, -0.15) is 0 Å². The van der Waals surface area contributed by atoms with Crippen LogP contribution in [0.1, 0.15) is 18.1 Å². The van der Waals surface area contributed by atoms with E-state index in [1.807, 2.05) is 18.2 Å². The van der Waals surface area contributed by atoms with Crippen molar-refractivity contribution >= 4 is 0 Å². The van der Waals surface area contributed by atoms with E-state index in [0.29, 0.717) is 26.4 Å². The fourth-order valence-electron chi connectivity index (χ4n) is 2.18. The molecule has 1 aromatic rings. The molecule has 5 heteroatoms. The molecule has 2 unspecified atom stereocenters. The van der Waals surface area contributed by atoms with Crippen molar-refractivity contribution in [3.05, 3.63) is 23.8 Å². The summed E-state index contributed by atoms with van der Waals surface area (Å²) in [5, 5.41) is 0. The fourth-order valence-corrected chi connectivity index (χ4v) is 2.18. The third kappa shape index (κ3) is 2.29. The zero-order chi connectivity index (χ0) is 12.4. The molecule has 3 rings (SSSR count). The lowest BCUT2D eigenvalue weighted by molar-refractivity contribution is -0.0606. The van der Waals surface area contributed by atoms with E-state index in [9.17, 15) is 0 Å². The zero-order valence-electron chi connectivity index (χ0n) is 10.1. The summed E-state index contributed by atoms with van der Waals surface area (Å²) in [4.78, 5) is 0. The Morgan fingerprint density at radius 3 is 2.83 bits per heavy atom. The summed E-state index contributed by atoms with van der Waals surface area (Å²) in [6.45, 7) is 2.32. The van der Waals surface area contributed by atoms with Crippen LogP contribution in [0.2, 0.25) is 0 Å². The monoisotopic (exact) mass is 251 g/mol. The van der Waals surface area contributed by atoms with E-state index in [1.165, 1.54) is 0 Å². The van der Waals surface area contributed by atoms with Crippen LogP contribution >= 0.6 is 0 Å². The second-order valence-electron chi connectivity index (χ2n) is 4.37. The van der Waals surface area contributed by atoms with Crippen molar-refractivity contribution in [3.63, 3.8) is 0 Å². The fraction of sp³-hybridized carbons (Fsp3) is 0.538. The molecule has 18 heavy (non-hydrogen) atoms. The SMILES string of the molecule is NCCC1OCC(c2ccc3c(c2)OCCO3)O1. The van der Waals surface area contributed by atoms with Crippen LogP contribution in [0.25, 0.3) is 0 Å². The van der Waals surface area contributed by atoms with E-state index >= 15 is 0 Å². The van der Waals surface area contributed by atoms with Gasteiger partial charge in [0, 0.05) is 6.42 Å². The van der Waals surface area contributed by atoms with Crippen LogP contribution in [0.3, 0.4) is 0 Å². The number of hydrogen-bond donors (Lipinski definition) is 1. The van der Waals surface area contributed by atoms with Gasteiger partial charge in [-0.05, 0) is 24.2 Å². The van der Waals surface area contributed by atoms with Crippen molar-refractivity contribution in [2.75, 3.05) is 26.4 Å².